The molecular formula is C10H15N3O. The minimum absolute atomic E-state index is 0.0784. The number of hydrogen-bond acceptors (Lipinski definition) is 2. The van der Waals surface area contributed by atoms with Crippen LogP contribution in [0.3, 0.4) is 0 Å². The van der Waals surface area contributed by atoms with Crippen LogP contribution in [0, 0.1) is 0 Å². The summed E-state index contributed by atoms with van der Waals surface area (Å²) in [5.41, 5.74) is 0. The molecule has 2 heterocycles. The van der Waals surface area contributed by atoms with Crippen molar-refractivity contribution in [2.24, 2.45) is 0 Å². The third-order valence-electron chi connectivity index (χ3n) is 2.59. The van der Waals surface area contributed by atoms with E-state index in [1.54, 1.807) is 6.20 Å². The van der Waals surface area contributed by atoms with Crippen LogP contribution < -0.4 is 0 Å². The average Bonchev–Trinajstić information content (AvgIpc) is 2.66. The summed E-state index contributed by atoms with van der Waals surface area (Å²) in [6.45, 7) is 4.70. The second kappa shape index (κ2) is 3.82. The molecule has 0 unspecified atom stereocenters. The molecule has 1 aliphatic rings. The fraction of sp³-hybridized carbons (Fsp3) is 0.600. The van der Waals surface area contributed by atoms with E-state index in [-0.39, 0.29) is 5.91 Å². The van der Waals surface area contributed by atoms with Gasteiger partial charge in [0, 0.05) is 32.0 Å². The normalized spacial score (nSPS) is 15.8. The highest BCUT2D eigenvalue weighted by Crippen LogP contribution is 2.10. The molecular weight excluding hydrogens is 178 g/mol. The molecule has 0 N–H and O–H groups in total. The van der Waals surface area contributed by atoms with Gasteiger partial charge in [-0.15, -0.1) is 0 Å². The van der Waals surface area contributed by atoms with E-state index in [1.807, 2.05) is 15.7 Å². The van der Waals surface area contributed by atoms with E-state index in [9.17, 15) is 4.79 Å². The minimum Gasteiger partial charge on any atom is -0.334 e. The maximum Gasteiger partial charge on any atom is 0.289 e. The van der Waals surface area contributed by atoms with Crippen molar-refractivity contribution >= 4 is 5.91 Å². The Kier molecular flexibility index (Phi) is 2.52. The van der Waals surface area contributed by atoms with Crippen LogP contribution in [-0.2, 0) is 6.54 Å². The van der Waals surface area contributed by atoms with Gasteiger partial charge in [-0.05, 0) is 6.42 Å². The molecule has 0 aromatic carbocycles. The Labute approximate surface area is 83.5 Å². The zero-order valence-electron chi connectivity index (χ0n) is 8.44. The first-order valence-electron chi connectivity index (χ1n) is 5.13. The summed E-state index contributed by atoms with van der Waals surface area (Å²) in [6, 6.07) is 0. The van der Waals surface area contributed by atoms with Crippen LogP contribution >= 0.6 is 0 Å². The average molecular weight is 193 g/mol. The minimum atomic E-state index is 0.0784. The second-order valence-electron chi connectivity index (χ2n) is 3.59. The van der Waals surface area contributed by atoms with Crippen LogP contribution in [0.5, 0.6) is 0 Å². The van der Waals surface area contributed by atoms with Crippen molar-refractivity contribution in [2.45, 2.75) is 26.3 Å². The van der Waals surface area contributed by atoms with Gasteiger partial charge in [0.15, 0.2) is 5.82 Å². The molecule has 0 bridgehead atoms. The molecule has 0 fully saturated rings. The molecule has 0 aliphatic carbocycles. The van der Waals surface area contributed by atoms with Gasteiger partial charge < -0.3 is 9.47 Å². The van der Waals surface area contributed by atoms with E-state index in [1.165, 1.54) is 0 Å². The van der Waals surface area contributed by atoms with Crippen molar-refractivity contribution in [1.29, 1.82) is 0 Å². The van der Waals surface area contributed by atoms with E-state index in [2.05, 4.69) is 11.9 Å². The quantitative estimate of drug-likeness (QED) is 0.722. The van der Waals surface area contributed by atoms with E-state index in [0.29, 0.717) is 5.82 Å². The summed E-state index contributed by atoms with van der Waals surface area (Å²) in [5.74, 6) is 0.669. The van der Waals surface area contributed by atoms with Crippen molar-refractivity contribution in [1.82, 2.24) is 14.5 Å². The molecule has 4 nitrogen and oxygen atoms in total. The zero-order chi connectivity index (χ0) is 9.97. The van der Waals surface area contributed by atoms with E-state index < -0.39 is 0 Å². The molecule has 1 aromatic heterocycles. The van der Waals surface area contributed by atoms with Crippen LogP contribution in [-0.4, -0.2) is 33.4 Å². The Morgan fingerprint density at radius 2 is 2.36 bits per heavy atom. The van der Waals surface area contributed by atoms with Crippen molar-refractivity contribution in [3.05, 3.63) is 18.2 Å². The number of nitrogens with zero attached hydrogens (tertiary/aromatic N) is 3. The monoisotopic (exact) mass is 193 g/mol. The van der Waals surface area contributed by atoms with E-state index in [4.69, 9.17) is 0 Å². The fourth-order valence-corrected chi connectivity index (χ4v) is 1.72. The van der Waals surface area contributed by atoms with Gasteiger partial charge in [-0.2, -0.15) is 0 Å². The van der Waals surface area contributed by atoms with Gasteiger partial charge in [0.05, 0.1) is 0 Å². The van der Waals surface area contributed by atoms with Crippen LogP contribution in [0.15, 0.2) is 12.4 Å². The molecule has 0 atom stereocenters. The van der Waals surface area contributed by atoms with Gasteiger partial charge in [0.2, 0.25) is 0 Å². The van der Waals surface area contributed by atoms with Crippen molar-refractivity contribution < 1.29 is 4.79 Å². The maximum atomic E-state index is 11.8. The van der Waals surface area contributed by atoms with Crippen molar-refractivity contribution in [3.63, 3.8) is 0 Å². The predicted molar refractivity (Wildman–Crippen MR) is 53.0 cm³/mol. The molecule has 76 valence electrons. The number of aromatic nitrogens is 2. The topological polar surface area (TPSA) is 38.1 Å². The standard InChI is InChI=1S/C10H15N3O/c1-2-3-5-13-8-7-12-6-4-11-9(12)10(13)14/h4,6H,2-3,5,7-8H2,1H3. The Morgan fingerprint density at radius 1 is 1.50 bits per heavy atom. The predicted octanol–water partition coefficient (Wildman–Crippen LogP) is 1.14. The van der Waals surface area contributed by atoms with Crippen molar-refractivity contribution in [2.75, 3.05) is 13.1 Å². The molecule has 0 saturated carbocycles. The molecule has 1 aromatic rings. The number of carbonyl (C=O) groups excluding carboxylic acids is 1. The third-order valence-corrected chi connectivity index (χ3v) is 2.59. The Bertz CT molecular complexity index is 332. The smallest absolute Gasteiger partial charge is 0.289 e. The maximum absolute atomic E-state index is 11.8. The van der Waals surface area contributed by atoms with Crippen LogP contribution in [0.1, 0.15) is 30.4 Å². The number of amides is 1. The lowest BCUT2D eigenvalue weighted by Crippen LogP contribution is -2.40. The number of imidazole rings is 1. The molecule has 0 radical (unpaired) electrons. The lowest BCUT2D eigenvalue weighted by Gasteiger charge is -2.27. The third kappa shape index (κ3) is 1.52. The van der Waals surface area contributed by atoms with Crippen LogP contribution in [0.25, 0.3) is 0 Å². The number of fused-ring (bicyclic) bond motifs is 1. The highest BCUT2D eigenvalue weighted by molar-refractivity contribution is 5.91. The number of carbonyl (C=O) groups is 1. The molecule has 4 heteroatoms. The van der Waals surface area contributed by atoms with Crippen molar-refractivity contribution in [3.8, 4) is 0 Å². The highest BCUT2D eigenvalue weighted by atomic mass is 16.2. The number of unbranched alkanes of at least 4 members (excludes halogenated alkanes) is 1. The Morgan fingerprint density at radius 3 is 3.14 bits per heavy atom. The summed E-state index contributed by atoms with van der Waals surface area (Å²) in [5, 5.41) is 0. The zero-order valence-corrected chi connectivity index (χ0v) is 8.44. The largest absolute Gasteiger partial charge is 0.334 e. The van der Waals surface area contributed by atoms with E-state index >= 15 is 0 Å². The van der Waals surface area contributed by atoms with Gasteiger partial charge in [0.25, 0.3) is 5.91 Å². The summed E-state index contributed by atoms with van der Waals surface area (Å²) in [6.07, 6.45) is 5.76. The molecule has 1 amide bonds. The highest BCUT2D eigenvalue weighted by Gasteiger charge is 2.24. The Balaban J connectivity index is 2.09. The summed E-state index contributed by atoms with van der Waals surface area (Å²) < 4.78 is 1.92. The Hall–Kier alpha value is -1.32. The fourth-order valence-electron chi connectivity index (χ4n) is 1.72. The van der Waals surface area contributed by atoms with Crippen LogP contribution in [0.2, 0.25) is 0 Å². The first kappa shape index (κ1) is 9.24. The lowest BCUT2D eigenvalue weighted by atomic mass is 10.2. The first-order chi connectivity index (χ1) is 6.83. The lowest BCUT2D eigenvalue weighted by molar-refractivity contribution is 0.0694. The number of rotatable bonds is 3. The van der Waals surface area contributed by atoms with Gasteiger partial charge in [-0.25, -0.2) is 4.98 Å². The second-order valence-corrected chi connectivity index (χ2v) is 3.59. The van der Waals surface area contributed by atoms with Gasteiger partial charge in [0.1, 0.15) is 0 Å². The molecule has 0 spiro atoms. The summed E-state index contributed by atoms with van der Waals surface area (Å²) in [7, 11) is 0. The first-order valence-corrected chi connectivity index (χ1v) is 5.13. The molecule has 0 saturated heterocycles. The molecule has 14 heavy (non-hydrogen) atoms. The SMILES string of the molecule is CCCCN1CCn2ccnc2C1=O. The summed E-state index contributed by atoms with van der Waals surface area (Å²) >= 11 is 0. The molecule has 2 rings (SSSR count). The van der Waals surface area contributed by atoms with Gasteiger partial charge >= 0.3 is 0 Å². The summed E-state index contributed by atoms with van der Waals surface area (Å²) in [4.78, 5) is 17.8. The number of hydrogen-bond donors (Lipinski definition) is 0. The van der Waals surface area contributed by atoms with Gasteiger partial charge in [-0.1, -0.05) is 13.3 Å². The molecule has 1 aliphatic heterocycles. The van der Waals surface area contributed by atoms with Crippen LogP contribution in [0.4, 0.5) is 0 Å². The van der Waals surface area contributed by atoms with Gasteiger partial charge in [-0.3, -0.25) is 4.79 Å². The van der Waals surface area contributed by atoms with E-state index in [0.717, 1.165) is 32.5 Å².